The quantitative estimate of drug-likeness (QED) is 0.108. The predicted molar refractivity (Wildman–Crippen MR) is 235 cm³/mol. The van der Waals surface area contributed by atoms with E-state index in [9.17, 15) is 19.2 Å². The van der Waals surface area contributed by atoms with Gasteiger partial charge in [0, 0.05) is 32.9 Å². The fraction of sp³-hybridized carbons (Fsp3) is 0.435. The summed E-state index contributed by atoms with van der Waals surface area (Å²) in [5.74, 6) is 12.4. The van der Waals surface area contributed by atoms with Crippen LogP contribution >= 0.6 is 0 Å². The summed E-state index contributed by atoms with van der Waals surface area (Å²) in [6.07, 6.45) is 4.91. The zero-order chi connectivity index (χ0) is 44.3. The number of carbonyl (C=O) groups excluding carboxylic acids is 4. The number of aliphatic imine (C=N–C) groups is 1. The molecule has 0 spiro atoms. The van der Waals surface area contributed by atoms with E-state index in [4.69, 9.17) is 20.2 Å². The van der Waals surface area contributed by atoms with Crippen LogP contribution in [0.5, 0.6) is 0 Å². The highest BCUT2D eigenvalue weighted by Crippen LogP contribution is 2.34. The number of amides is 4. The number of nitrogens with one attached hydrogen (secondary N) is 3. The molecular weight excluding hydrogens is 775 g/mol. The van der Waals surface area contributed by atoms with Gasteiger partial charge < -0.3 is 45.5 Å². The number of aromatic amines is 1. The average Bonchev–Trinajstić information content (AvgIpc) is 4.05. The van der Waals surface area contributed by atoms with Gasteiger partial charge in [-0.3, -0.25) is 9.59 Å². The Morgan fingerprint density at radius 1 is 0.951 bits per heavy atom. The number of rotatable bonds is 12. The lowest BCUT2D eigenvalue weighted by molar-refractivity contribution is -0.135. The van der Waals surface area contributed by atoms with Crippen molar-refractivity contribution in [2.75, 3.05) is 46.3 Å². The van der Waals surface area contributed by atoms with Gasteiger partial charge >= 0.3 is 12.2 Å². The summed E-state index contributed by atoms with van der Waals surface area (Å²) in [5, 5.41) is 5.36. The number of ether oxygens (including phenoxy) is 2. The molecule has 3 heterocycles. The van der Waals surface area contributed by atoms with Crippen molar-refractivity contribution in [2.24, 2.45) is 16.6 Å². The first-order chi connectivity index (χ1) is 29.2. The average molecular weight is 832 g/mol. The van der Waals surface area contributed by atoms with Crippen LogP contribution in [0.2, 0.25) is 0 Å². The van der Waals surface area contributed by atoms with Crippen molar-refractivity contribution in [3.8, 4) is 23.7 Å². The second-order valence-corrected chi connectivity index (χ2v) is 15.7. The standard InChI is InChI=1S/C46H57N9O6/c1-9-35(31-22-24-34(25-23-31)53(5)6)46(4,52-40(47)36-20-15-27-54(36)42(56)38(30(2)3)50-44(58)60-7)26-14-13-19-33-29-48-41(49-33)37-21-16-28-55(37)43(57)39(51-45(59)61-8)32-17-11-10-12-18-32/h9-12,17-18,22-25,29-30,36-39H,15-16,20-21,27-28H2,1-8H3,(H2,47,52)(H,48,49)(H,50,58)(H,51,59)/b35-9-/t36-,37-,38-,39+,46?/m0/s1. The van der Waals surface area contributed by atoms with Gasteiger partial charge in [-0.05, 0) is 92.0 Å². The lowest BCUT2D eigenvalue weighted by Gasteiger charge is -2.32. The van der Waals surface area contributed by atoms with E-state index in [0.29, 0.717) is 49.4 Å². The summed E-state index contributed by atoms with van der Waals surface area (Å²) in [5.41, 5.74) is 9.51. The number of hydrogen-bond acceptors (Lipinski definition) is 9. The highest BCUT2D eigenvalue weighted by molar-refractivity contribution is 5.95. The second kappa shape index (κ2) is 20.5. The Labute approximate surface area is 358 Å². The summed E-state index contributed by atoms with van der Waals surface area (Å²) in [7, 11) is 6.47. The number of likely N-dealkylation sites (tertiary alicyclic amines) is 2. The third-order valence-corrected chi connectivity index (χ3v) is 11.0. The van der Waals surface area contributed by atoms with Crippen LogP contribution in [-0.4, -0.2) is 109 Å². The number of nitrogens with zero attached hydrogens (tertiary/aromatic N) is 5. The molecule has 2 fully saturated rings. The smallest absolute Gasteiger partial charge is 0.407 e. The topological polar surface area (TPSA) is 188 Å². The first-order valence-electron chi connectivity index (χ1n) is 20.4. The van der Waals surface area contributed by atoms with Gasteiger partial charge in [0.1, 0.15) is 35.0 Å². The van der Waals surface area contributed by atoms with Gasteiger partial charge in [-0.2, -0.15) is 0 Å². The van der Waals surface area contributed by atoms with Crippen LogP contribution in [0.15, 0.2) is 71.9 Å². The second-order valence-electron chi connectivity index (χ2n) is 15.7. The number of hydrogen-bond donors (Lipinski definition) is 4. The molecule has 5 N–H and O–H groups in total. The molecule has 15 heteroatoms. The van der Waals surface area contributed by atoms with Gasteiger partial charge in [-0.15, -0.1) is 0 Å². The fourth-order valence-corrected chi connectivity index (χ4v) is 7.78. The number of alkyl carbamates (subject to hydrolysis) is 2. The molecule has 0 aliphatic carbocycles. The highest BCUT2D eigenvalue weighted by Gasteiger charge is 2.39. The number of imidazole rings is 1. The number of aromatic nitrogens is 2. The van der Waals surface area contributed by atoms with E-state index in [0.717, 1.165) is 23.2 Å². The number of H-pyrrole nitrogens is 1. The Balaban J connectivity index is 1.44. The van der Waals surface area contributed by atoms with Gasteiger partial charge in [0.15, 0.2) is 0 Å². The van der Waals surface area contributed by atoms with Gasteiger partial charge in [0.05, 0.1) is 32.5 Å². The Kier molecular flexibility index (Phi) is 15.2. The summed E-state index contributed by atoms with van der Waals surface area (Å²) in [4.78, 5) is 70.6. The number of allylic oxidation sites excluding steroid dienone is 1. The fourth-order valence-electron chi connectivity index (χ4n) is 7.78. The van der Waals surface area contributed by atoms with Crippen LogP contribution in [0.25, 0.3) is 5.57 Å². The van der Waals surface area contributed by atoms with Gasteiger partial charge in [0.2, 0.25) is 5.91 Å². The first kappa shape index (κ1) is 45.3. The zero-order valence-electron chi connectivity index (χ0n) is 36.2. The van der Waals surface area contributed by atoms with Gasteiger partial charge in [0.25, 0.3) is 5.91 Å². The van der Waals surface area contributed by atoms with E-state index in [1.165, 1.54) is 14.2 Å². The molecular formula is C46H57N9O6. The molecule has 61 heavy (non-hydrogen) atoms. The van der Waals surface area contributed by atoms with Gasteiger partial charge in [-0.1, -0.05) is 68.3 Å². The van der Waals surface area contributed by atoms with Crippen molar-refractivity contribution in [1.82, 2.24) is 30.4 Å². The third-order valence-electron chi connectivity index (χ3n) is 11.0. The molecule has 2 aliphatic heterocycles. The molecule has 4 amide bonds. The van der Waals surface area contributed by atoms with Crippen LogP contribution in [-0.2, 0) is 19.1 Å². The van der Waals surface area contributed by atoms with E-state index in [-0.39, 0.29) is 29.6 Å². The molecule has 1 unspecified atom stereocenters. The van der Waals surface area contributed by atoms with Crippen LogP contribution in [0.3, 0.4) is 0 Å². The van der Waals surface area contributed by atoms with Crippen LogP contribution < -0.4 is 21.3 Å². The minimum Gasteiger partial charge on any atom is -0.453 e. The molecule has 322 valence electrons. The molecule has 1 aromatic heterocycles. The largest absolute Gasteiger partial charge is 0.453 e. The van der Waals surface area contributed by atoms with E-state index in [1.807, 2.05) is 95.2 Å². The Morgan fingerprint density at radius 2 is 1.61 bits per heavy atom. The van der Waals surface area contributed by atoms with Crippen molar-refractivity contribution < 1.29 is 28.7 Å². The number of benzene rings is 2. The lowest BCUT2D eigenvalue weighted by Crippen LogP contribution is -2.55. The van der Waals surface area contributed by atoms with Crippen molar-refractivity contribution >= 4 is 41.1 Å². The number of amidine groups is 1. The van der Waals surface area contributed by atoms with Crippen LogP contribution in [0.4, 0.5) is 15.3 Å². The number of nitrogens with two attached hydrogens (primary N) is 1. The van der Waals surface area contributed by atoms with Crippen molar-refractivity contribution in [3.63, 3.8) is 0 Å². The molecule has 2 aromatic carbocycles. The number of anilines is 1. The summed E-state index contributed by atoms with van der Waals surface area (Å²) in [6, 6.07) is 14.5. The normalized spacial score (nSPS) is 18.4. The van der Waals surface area contributed by atoms with Gasteiger partial charge in [-0.25, -0.2) is 19.6 Å². The van der Waals surface area contributed by atoms with Crippen molar-refractivity contribution in [2.45, 2.75) is 83.1 Å². The molecule has 3 aromatic rings. The number of carbonyl (C=O) groups is 4. The monoisotopic (exact) mass is 831 g/mol. The summed E-state index contributed by atoms with van der Waals surface area (Å²) in [6.45, 7) is 8.46. The minimum atomic E-state index is -1.19. The van der Waals surface area contributed by atoms with E-state index >= 15 is 0 Å². The Bertz CT molecular complexity index is 2230. The molecule has 15 nitrogen and oxygen atoms in total. The molecule has 2 saturated heterocycles. The molecule has 0 saturated carbocycles. The lowest BCUT2D eigenvalue weighted by atomic mass is 9.86. The highest BCUT2D eigenvalue weighted by atomic mass is 16.5. The van der Waals surface area contributed by atoms with E-state index < -0.39 is 35.9 Å². The number of methoxy groups -OCH3 is 2. The van der Waals surface area contributed by atoms with Crippen molar-refractivity contribution in [1.29, 1.82) is 0 Å². The first-order valence-corrected chi connectivity index (χ1v) is 20.4. The predicted octanol–water partition coefficient (Wildman–Crippen LogP) is 5.18. The molecule has 0 radical (unpaired) electrons. The van der Waals surface area contributed by atoms with E-state index in [2.05, 4.69) is 44.3 Å². The summed E-state index contributed by atoms with van der Waals surface area (Å²) >= 11 is 0. The zero-order valence-corrected chi connectivity index (χ0v) is 36.2. The SMILES string of the molecule is C/C=C(/c1ccc(N(C)C)cc1)C(C)(C#CC#Cc1cnc([C@@H]2CCCN2C(=O)[C@H](NC(=O)OC)c2ccccc2)[nH]1)N=C(N)[C@@H]1CCCN1C(=O)[C@@H](NC(=O)OC)C(C)C. The van der Waals surface area contributed by atoms with Crippen molar-refractivity contribution in [3.05, 3.63) is 89.5 Å². The van der Waals surface area contributed by atoms with E-state index in [1.54, 1.807) is 28.1 Å². The maximum atomic E-state index is 13.9. The summed E-state index contributed by atoms with van der Waals surface area (Å²) < 4.78 is 9.62. The molecule has 5 atom stereocenters. The minimum absolute atomic E-state index is 0.201. The van der Waals surface area contributed by atoms with Crippen LogP contribution in [0, 0.1) is 29.6 Å². The Morgan fingerprint density at radius 3 is 2.25 bits per heavy atom. The molecule has 0 bridgehead atoms. The maximum absolute atomic E-state index is 13.9. The van der Waals surface area contributed by atoms with Crippen LogP contribution in [0.1, 0.15) is 88.1 Å². The third kappa shape index (κ3) is 10.9. The maximum Gasteiger partial charge on any atom is 0.407 e. The Hall–Kier alpha value is -6.74. The molecule has 5 rings (SSSR count). The molecule has 2 aliphatic rings.